The molecule has 2 rings (SSSR count). The van der Waals surface area contributed by atoms with Gasteiger partial charge in [0.25, 0.3) is 0 Å². The molecule has 13 heavy (non-hydrogen) atoms. The second kappa shape index (κ2) is 2.41. The zero-order valence-corrected chi connectivity index (χ0v) is 7.91. The van der Waals surface area contributed by atoms with E-state index in [0.717, 1.165) is 0 Å². The fourth-order valence-electron chi connectivity index (χ4n) is 1.40. The Hall–Kier alpha value is -0.710. The minimum absolute atomic E-state index is 0.347. The van der Waals surface area contributed by atoms with E-state index in [1.165, 1.54) is 29.7 Å². The highest BCUT2D eigenvalue weighted by Crippen LogP contribution is 2.36. The van der Waals surface area contributed by atoms with Crippen molar-refractivity contribution in [3.05, 3.63) is 34.6 Å². The van der Waals surface area contributed by atoms with Crippen molar-refractivity contribution in [3.8, 4) is 0 Å². The molecule has 4 heteroatoms. The van der Waals surface area contributed by atoms with E-state index < -0.39 is 22.0 Å². The topological polar surface area (TPSA) is 57.5 Å². The van der Waals surface area contributed by atoms with Crippen LogP contribution >= 0.6 is 0 Å². The van der Waals surface area contributed by atoms with Crippen LogP contribution in [0.25, 0.3) is 0 Å². The molecule has 3 atom stereocenters. The molecule has 0 saturated heterocycles. The van der Waals surface area contributed by atoms with Crippen molar-refractivity contribution >= 4 is 10.8 Å². The van der Waals surface area contributed by atoms with Gasteiger partial charge >= 0.3 is 0 Å². The maximum Gasteiger partial charge on any atom is 0.136 e. The standard InChI is InChI=1S/C9H10O3S/c1-8(10)2-3-9(11)4-5-13(12)7(9)6-8/h2-6,10-11H,1H3. The van der Waals surface area contributed by atoms with Crippen LogP contribution in [-0.2, 0) is 10.8 Å². The Bertz CT molecular complexity index is 365. The van der Waals surface area contributed by atoms with Crippen molar-refractivity contribution in [2.24, 2.45) is 0 Å². The molecule has 0 spiro atoms. The minimum Gasteiger partial charge on any atom is -0.382 e. The van der Waals surface area contributed by atoms with E-state index in [4.69, 9.17) is 0 Å². The Morgan fingerprint density at radius 1 is 1.31 bits per heavy atom. The Labute approximate surface area is 78.5 Å². The molecule has 2 N–H and O–H groups in total. The van der Waals surface area contributed by atoms with Gasteiger partial charge in [-0.25, -0.2) is 4.21 Å². The molecule has 0 aromatic carbocycles. The zero-order valence-electron chi connectivity index (χ0n) is 7.10. The number of hydrogen-bond acceptors (Lipinski definition) is 3. The highest BCUT2D eigenvalue weighted by atomic mass is 32.2. The SMILES string of the molecule is CC1(O)C=CC2(O)C=CS(=O)C2=C1. The molecule has 0 aromatic rings. The first-order valence-electron chi connectivity index (χ1n) is 3.91. The van der Waals surface area contributed by atoms with Gasteiger partial charge in [0.15, 0.2) is 0 Å². The molecule has 0 bridgehead atoms. The molecule has 0 amide bonds. The molecule has 2 aliphatic rings. The van der Waals surface area contributed by atoms with Gasteiger partial charge in [-0.05, 0) is 31.2 Å². The minimum atomic E-state index is -1.31. The third-order valence-electron chi connectivity index (χ3n) is 2.16. The molecule has 1 aliphatic carbocycles. The zero-order chi connectivity index (χ0) is 9.69. The third-order valence-corrected chi connectivity index (χ3v) is 3.42. The summed E-state index contributed by atoms with van der Waals surface area (Å²) in [5.74, 6) is 0. The van der Waals surface area contributed by atoms with Gasteiger partial charge in [0, 0.05) is 5.41 Å². The van der Waals surface area contributed by atoms with Crippen molar-refractivity contribution in [2.75, 3.05) is 0 Å². The van der Waals surface area contributed by atoms with E-state index in [1.807, 2.05) is 0 Å². The first-order chi connectivity index (χ1) is 5.93. The first-order valence-corrected chi connectivity index (χ1v) is 5.13. The lowest BCUT2D eigenvalue weighted by Crippen LogP contribution is -2.33. The van der Waals surface area contributed by atoms with E-state index in [0.29, 0.717) is 4.91 Å². The van der Waals surface area contributed by atoms with Crippen LogP contribution in [0.1, 0.15) is 6.92 Å². The average molecular weight is 198 g/mol. The number of aliphatic hydroxyl groups is 2. The summed E-state index contributed by atoms with van der Waals surface area (Å²) in [5.41, 5.74) is -2.35. The highest BCUT2D eigenvalue weighted by molar-refractivity contribution is 7.92. The maximum atomic E-state index is 11.4. The summed E-state index contributed by atoms with van der Waals surface area (Å²) in [5, 5.41) is 20.9. The normalized spacial score (nSPS) is 47.6. The monoisotopic (exact) mass is 198 g/mol. The van der Waals surface area contributed by atoms with Crippen molar-refractivity contribution in [1.29, 1.82) is 0 Å². The lowest BCUT2D eigenvalue weighted by molar-refractivity contribution is 0.139. The summed E-state index contributed by atoms with van der Waals surface area (Å²) in [6, 6.07) is 0. The molecule has 0 saturated carbocycles. The third kappa shape index (κ3) is 1.31. The van der Waals surface area contributed by atoms with Gasteiger partial charge < -0.3 is 10.2 Å². The van der Waals surface area contributed by atoms with E-state index in [2.05, 4.69) is 0 Å². The average Bonchev–Trinajstić information content (AvgIpc) is 2.31. The fourth-order valence-corrected chi connectivity index (χ4v) is 2.69. The van der Waals surface area contributed by atoms with Crippen LogP contribution in [0.3, 0.4) is 0 Å². The van der Waals surface area contributed by atoms with Crippen LogP contribution in [0.5, 0.6) is 0 Å². The fraction of sp³-hybridized carbons (Fsp3) is 0.333. The van der Waals surface area contributed by atoms with Gasteiger partial charge in [0.1, 0.15) is 5.60 Å². The Kier molecular flexibility index (Phi) is 1.64. The Morgan fingerprint density at radius 2 is 2.00 bits per heavy atom. The number of rotatable bonds is 0. The van der Waals surface area contributed by atoms with Gasteiger partial charge in [-0.3, -0.25) is 0 Å². The molecule has 3 nitrogen and oxygen atoms in total. The molecular weight excluding hydrogens is 188 g/mol. The summed E-state index contributed by atoms with van der Waals surface area (Å²) in [6.45, 7) is 1.58. The molecule has 1 heterocycles. The second-order valence-electron chi connectivity index (χ2n) is 3.49. The molecule has 0 aromatic heterocycles. The van der Waals surface area contributed by atoms with Crippen molar-refractivity contribution in [3.63, 3.8) is 0 Å². The van der Waals surface area contributed by atoms with Crippen LogP contribution in [0.2, 0.25) is 0 Å². The molecule has 0 fully saturated rings. The lowest BCUT2D eigenvalue weighted by Gasteiger charge is -2.27. The van der Waals surface area contributed by atoms with Crippen LogP contribution in [0.15, 0.2) is 34.6 Å². The van der Waals surface area contributed by atoms with Crippen LogP contribution in [0.4, 0.5) is 0 Å². The Balaban J connectivity index is 2.52. The van der Waals surface area contributed by atoms with Crippen LogP contribution in [-0.4, -0.2) is 25.6 Å². The molecule has 3 unspecified atom stereocenters. The highest BCUT2D eigenvalue weighted by Gasteiger charge is 2.39. The van der Waals surface area contributed by atoms with Crippen LogP contribution < -0.4 is 0 Å². The van der Waals surface area contributed by atoms with Crippen LogP contribution in [0, 0.1) is 0 Å². The maximum absolute atomic E-state index is 11.4. The lowest BCUT2D eigenvalue weighted by atomic mass is 9.91. The summed E-state index contributed by atoms with van der Waals surface area (Å²) in [7, 11) is -1.31. The molecule has 1 aliphatic heterocycles. The summed E-state index contributed by atoms with van der Waals surface area (Å²) < 4.78 is 11.4. The summed E-state index contributed by atoms with van der Waals surface area (Å²) in [4.78, 5) is 0.347. The summed E-state index contributed by atoms with van der Waals surface area (Å²) >= 11 is 0. The predicted molar refractivity (Wildman–Crippen MR) is 50.1 cm³/mol. The van der Waals surface area contributed by atoms with Crippen molar-refractivity contribution in [1.82, 2.24) is 0 Å². The molecular formula is C9H10O3S. The predicted octanol–water partition coefficient (Wildman–Crippen LogP) is 0.198. The Morgan fingerprint density at radius 3 is 2.69 bits per heavy atom. The van der Waals surface area contributed by atoms with Gasteiger partial charge in [0.05, 0.1) is 21.3 Å². The quantitative estimate of drug-likeness (QED) is 0.547. The van der Waals surface area contributed by atoms with E-state index >= 15 is 0 Å². The molecule has 70 valence electrons. The van der Waals surface area contributed by atoms with Gasteiger partial charge in [-0.1, -0.05) is 0 Å². The van der Waals surface area contributed by atoms with Gasteiger partial charge in [0.2, 0.25) is 0 Å². The van der Waals surface area contributed by atoms with Gasteiger partial charge in [-0.15, -0.1) is 0 Å². The smallest absolute Gasteiger partial charge is 0.136 e. The summed E-state index contributed by atoms with van der Waals surface area (Å²) in [6.07, 6.45) is 5.86. The van der Waals surface area contributed by atoms with Gasteiger partial charge in [-0.2, -0.15) is 0 Å². The van der Waals surface area contributed by atoms with E-state index in [9.17, 15) is 14.4 Å². The number of hydrogen-bond donors (Lipinski definition) is 2. The number of fused-ring (bicyclic) bond motifs is 1. The second-order valence-corrected chi connectivity index (χ2v) is 4.80. The van der Waals surface area contributed by atoms with Crippen molar-refractivity contribution in [2.45, 2.75) is 18.1 Å². The molecule has 0 radical (unpaired) electrons. The van der Waals surface area contributed by atoms with Crippen molar-refractivity contribution < 1.29 is 14.4 Å². The first kappa shape index (κ1) is 8.87. The largest absolute Gasteiger partial charge is 0.382 e. The van der Waals surface area contributed by atoms with E-state index in [1.54, 1.807) is 6.92 Å². The van der Waals surface area contributed by atoms with E-state index in [-0.39, 0.29) is 0 Å².